The van der Waals surface area contributed by atoms with Gasteiger partial charge in [-0.2, -0.15) is 0 Å². The fourth-order valence-electron chi connectivity index (χ4n) is 3.56. The van der Waals surface area contributed by atoms with E-state index in [1.165, 1.54) is 0 Å². The maximum atomic E-state index is 12.9. The summed E-state index contributed by atoms with van der Waals surface area (Å²) in [5.41, 5.74) is 1.95. The fraction of sp³-hybridized carbons (Fsp3) is 0.348. The monoisotopic (exact) mass is 381 g/mol. The van der Waals surface area contributed by atoms with Gasteiger partial charge in [0.25, 0.3) is 0 Å². The molecule has 0 aliphatic carbocycles. The highest BCUT2D eigenvalue weighted by Crippen LogP contribution is 2.39. The number of amides is 1. The van der Waals surface area contributed by atoms with Crippen LogP contribution in [0.3, 0.4) is 0 Å². The van der Waals surface area contributed by atoms with E-state index >= 15 is 0 Å². The summed E-state index contributed by atoms with van der Waals surface area (Å²) in [5, 5.41) is 0. The molecule has 2 aromatic carbocycles. The van der Waals surface area contributed by atoms with Crippen LogP contribution in [0.4, 0.5) is 0 Å². The molecule has 1 aliphatic rings. The zero-order valence-corrected chi connectivity index (χ0v) is 16.7. The largest absolute Gasteiger partial charge is 0.497 e. The zero-order valence-electron chi connectivity index (χ0n) is 16.7. The van der Waals surface area contributed by atoms with Gasteiger partial charge in [-0.1, -0.05) is 12.1 Å². The van der Waals surface area contributed by atoms with E-state index in [1.54, 1.807) is 20.3 Å². The molecule has 5 heteroatoms. The molecule has 0 aromatic heterocycles. The van der Waals surface area contributed by atoms with Crippen LogP contribution >= 0.6 is 0 Å². The molecule has 1 heterocycles. The average molecular weight is 381 g/mol. The molecule has 3 rings (SSSR count). The van der Waals surface area contributed by atoms with Crippen molar-refractivity contribution in [2.75, 3.05) is 27.4 Å². The first-order valence-electron chi connectivity index (χ1n) is 9.59. The Morgan fingerprint density at radius 1 is 1.11 bits per heavy atom. The zero-order chi connectivity index (χ0) is 19.9. The number of nitrogens with zero attached hydrogens (tertiary/aromatic N) is 1. The molecule has 2 aromatic rings. The van der Waals surface area contributed by atoms with Crippen LogP contribution in [0.15, 0.2) is 48.5 Å². The van der Waals surface area contributed by atoms with Crippen LogP contribution in [0, 0.1) is 0 Å². The Morgan fingerprint density at radius 2 is 1.86 bits per heavy atom. The van der Waals surface area contributed by atoms with Gasteiger partial charge in [-0.25, -0.2) is 0 Å². The Balaban J connectivity index is 1.76. The van der Waals surface area contributed by atoms with E-state index in [2.05, 4.69) is 0 Å². The lowest BCUT2D eigenvalue weighted by atomic mass is 10.0. The number of carbonyl (C=O) groups excluding carboxylic acids is 1. The van der Waals surface area contributed by atoms with Gasteiger partial charge in [0.1, 0.15) is 17.2 Å². The Kier molecular flexibility index (Phi) is 6.58. The van der Waals surface area contributed by atoms with Gasteiger partial charge in [-0.05, 0) is 61.7 Å². The highest BCUT2D eigenvalue weighted by Gasteiger charge is 2.31. The van der Waals surface area contributed by atoms with Gasteiger partial charge in [-0.3, -0.25) is 4.79 Å². The van der Waals surface area contributed by atoms with E-state index < -0.39 is 0 Å². The quantitative estimate of drug-likeness (QED) is 0.664. The van der Waals surface area contributed by atoms with Gasteiger partial charge in [0.05, 0.1) is 26.9 Å². The Hall–Kier alpha value is -2.95. The molecule has 1 amide bonds. The molecule has 0 bridgehead atoms. The summed E-state index contributed by atoms with van der Waals surface area (Å²) >= 11 is 0. The summed E-state index contributed by atoms with van der Waals surface area (Å²) in [7, 11) is 3.29. The van der Waals surface area contributed by atoms with Crippen molar-refractivity contribution in [1.29, 1.82) is 0 Å². The van der Waals surface area contributed by atoms with E-state index in [-0.39, 0.29) is 11.9 Å². The lowest BCUT2D eigenvalue weighted by Gasteiger charge is -2.25. The summed E-state index contributed by atoms with van der Waals surface area (Å²) in [5.74, 6) is 2.37. The highest BCUT2D eigenvalue weighted by molar-refractivity contribution is 5.92. The third kappa shape index (κ3) is 4.47. The molecule has 0 radical (unpaired) electrons. The Morgan fingerprint density at radius 3 is 2.54 bits per heavy atom. The lowest BCUT2D eigenvalue weighted by Crippen LogP contribution is -2.29. The molecule has 1 fully saturated rings. The minimum atomic E-state index is -0.0115. The van der Waals surface area contributed by atoms with Gasteiger partial charge in [0.15, 0.2) is 0 Å². The predicted octanol–water partition coefficient (Wildman–Crippen LogP) is 4.48. The second kappa shape index (κ2) is 9.31. The molecule has 1 unspecified atom stereocenters. The van der Waals surface area contributed by atoms with Gasteiger partial charge >= 0.3 is 0 Å². The summed E-state index contributed by atoms with van der Waals surface area (Å²) < 4.78 is 16.3. The Bertz CT molecular complexity index is 829. The number of rotatable bonds is 7. The van der Waals surface area contributed by atoms with Crippen LogP contribution in [-0.2, 0) is 4.79 Å². The standard InChI is InChI=1S/C23H27NO4/c1-4-28-18-10-7-17(8-11-18)9-14-23(25)24-15-5-6-21(24)20-16-19(26-2)12-13-22(20)27-3/h7-14,16,21H,4-6,15H2,1-3H3/b14-9+. The molecule has 0 saturated carbocycles. The summed E-state index contributed by atoms with van der Waals surface area (Å²) in [6.45, 7) is 3.32. The van der Waals surface area contributed by atoms with Gasteiger partial charge < -0.3 is 19.1 Å². The SMILES string of the molecule is CCOc1ccc(/C=C/C(=O)N2CCCC2c2cc(OC)ccc2OC)cc1. The summed E-state index contributed by atoms with van der Waals surface area (Å²) in [4.78, 5) is 14.8. The minimum absolute atomic E-state index is 0.00116. The van der Waals surface area contributed by atoms with Gasteiger partial charge in [0, 0.05) is 18.2 Å². The van der Waals surface area contributed by atoms with Crippen molar-refractivity contribution in [3.8, 4) is 17.2 Å². The van der Waals surface area contributed by atoms with Crippen LogP contribution in [0.1, 0.15) is 36.9 Å². The Labute approximate surface area is 166 Å². The van der Waals surface area contributed by atoms with E-state index in [4.69, 9.17) is 14.2 Å². The molecule has 28 heavy (non-hydrogen) atoms. The maximum Gasteiger partial charge on any atom is 0.247 e. The molecule has 1 atom stereocenters. The van der Waals surface area contributed by atoms with Crippen molar-refractivity contribution in [1.82, 2.24) is 4.90 Å². The summed E-state index contributed by atoms with van der Waals surface area (Å²) in [6, 6.07) is 13.4. The number of carbonyl (C=O) groups is 1. The lowest BCUT2D eigenvalue weighted by molar-refractivity contribution is -0.126. The van der Waals surface area contributed by atoms with Crippen molar-refractivity contribution < 1.29 is 19.0 Å². The smallest absolute Gasteiger partial charge is 0.247 e. The van der Waals surface area contributed by atoms with Gasteiger partial charge in [-0.15, -0.1) is 0 Å². The predicted molar refractivity (Wildman–Crippen MR) is 110 cm³/mol. The van der Waals surface area contributed by atoms with Crippen molar-refractivity contribution in [3.63, 3.8) is 0 Å². The molecular formula is C23H27NO4. The number of ether oxygens (including phenoxy) is 3. The highest BCUT2D eigenvalue weighted by atomic mass is 16.5. The third-order valence-corrected chi connectivity index (χ3v) is 4.94. The summed E-state index contributed by atoms with van der Waals surface area (Å²) in [6.07, 6.45) is 5.36. The normalized spacial score (nSPS) is 16.4. The van der Waals surface area contributed by atoms with Crippen LogP contribution in [0.2, 0.25) is 0 Å². The van der Waals surface area contributed by atoms with E-state index in [1.807, 2.05) is 60.4 Å². The first kappa shape index (κ1) is 19.8. The molecule has 1 aliphatic heterocycles. The first-order chi connectivity index (χ1) is 13.7. The van der Waals surface area contributed by atoms with E-state index in [0.717, 1.165) is 47.8 Å². The molecule has 1 saturated heterocycles. The molecular weight excluding hydrogens is 354 g/mol. The van der Waals surface area contributed by atoms with E-state index in [9.17, 15) is 4.79 Å². The second-order valence-electron chi connectivity index (χ2n) is 6.63. The van der Waals surface area contributed by atoms with Crippen LogP contribution < -0.4 is 14.2 Å². The second-order valence-corrected chi connectivity index (χ2v) is 6.63. The van der Waals surface area contributed by atoms with Crippen molar-refractivity contribution >= 4 is 12.0 Å². The van der Waals surface area contributed by atoms with Crippen LogP contribution in [0.25, 0.3) is 6.08 Å². The van der Waals surface area contributed by atoms with E-state index in [0.29, 0.717) is 6.61 Å². The molecule has 0 spiro atoms. The first-order valence-corrected chi connectivity index (χ1v) is 9.59. The number of hydrogen-bond donors (Lipinski definition) is 0. The topological polar surface area (TPSA) is 48.0 Å². The number of likely N-dealkylation sites (tertiary alicyclic amines) is 1. The van der Waals surface area contributed by atoms with Crippen molar-refractivity contribution in [2.45, 2.75) is 25.8 Å². The van der Waals surface area contributed by atoms with Crippen molar-refractivity contribution in [2.24, 2.45) is 0 Å². The van der Waals surface area contributed by atoms with Crippen LogP contribution in [0.5, 0.6) is 17.2 Å². The molecule has 148 valence electrons. The average Bonchev–Trinajstić information content (AvgIpc) is 3.22. The minimum Gasteiger partial charge on any atom is -0.497 e. The third-order valence-electron chi connectivity index (χ3n) is 4.94. The number of hydrogen-bond acceptors (Lipinski definition) is 4. The fourth-order valence-corrected chi connectivity index (χ4v) is 3.56. The molecule has 0 N–H and O–H groups in total. The maximum absolute atomic E-state index is 12.9. The molecule has 5 nitrogen and oxygen atoms in total. The number of benzene rings is 2. The van der Waals surface area contributed by atoms with Crippen molar-refractivity contribution in [3.05, 3.63) is 59.7 Å². The van der Waals surface area contributed by atoms with Gasteiger partial charge in [0.2, 0.25) is 5.91 Å². The van der Waals surface area contributed by atoms with Crippen LogP contribution in [-0.4, -0.2) is 38.2 Å². The number of methoxy groups -OCH3 is 2.